The summed E-state index contributed by atoms with van der Waals surface area (Å²) < 4.78 is 5.39. The Labute approximate surface area is 170 Å². The van der Waals surface area contributed by atoms with E-state index in [1.54, 1.807) is 0 Å². The number of piperazine rings is 1. The molecule has 2 aromatic heterocycles. The van der Waals surface area contributed by atoms with Crippen molar-refractivity contribution in [1.29, 1.82) is 0 Å². The van der Waals surface area contributed by atoms with Crippen LogP contribution in [0.25, 0.3) is 23.0 Å². The van der Waals surface area contributed by atoms with Gasteiger partial charge >= 0.3 is 0 Å². The lowest BCUT2D eigenvalue weighted by Crippen LogP contribution is -2.51. The van der Waals surface area contributed by atoms with Gasteiger partial charge in [-0.2, -0.15) is 4.98 Å². The molecule has 0 amide bonds. The minimum absolute atomic E-state index is 0.394. The molecule has 0 N–H and O–H groups in total. The van der Waals surface area contributed by atoms with E-state index in [0.717, 1.165) is 43.6 Å². The Kier molecular flexibility index (Phi) is 5.21. The normalized spacial score (nSPS) is 18.8. The summed E-state index contributed by atoms with van der Waals surface area (Å²) in [6, 6.07) is 14.5. The quantitative estimate of drug-likeness (QED) is 0.673. The number of anilines is 1. The topological polar surface area (TPSA) is 71.2 Å². The second kappa shape index (κ2) is 8.29. The van der Waals surface area contributed by atoms with Gasteiger partial charge in [-0.25, -0.2) is 0 Å². The van der Waals surface area contributed by atoms with E-state index in [2.05, 4.69) is 30.1 Å². The third-order valence-corrected chi connectivity index (χ3v) is 6.06. The van der Waals surface area contributed by atoms with Crippen molar-refractivity contribution < 1.29 is 4.52 Å². The lowest BCUT2D eigenvalue weighted by Gasteiger charge is -2.41. The lowest BCUT2D eigenvalue weighted by molar-refractivity contribution is 0.147. The molecule has 5 rings (SSSR count). The van der Waals surface area contributed by atoms with Gasteiger partial charge in [-0.05, 0) is 25.0 Å². The van der Waals surface area contributed by atoms with Crippen molar-refractivity contribution in [2.24, 2.45) is 0 Å². The van der Waals surface area contributed by atoms with Crippen LogP contribution in [-0.2, 0) is 0 Å². The molecule has 0 unspecified atom stereocenters. The van der Waals surface area contributed by atoms with Crippen molar-refractivity contribution in [3.05, 3.63) is 42.5 Å². The number of nitrogens with zero attached hydrogens (tertiary/aromatic N) is 6. The summed E-state index contributed by atoms with van der Waals surface area (Å²) in [5, 5.41) is 12.8. The molecule has 0 radical (unpaired) electrons. The fraction of sp³-hybridized carbons (Fsp3) is 0.455. The van der Waals surface area contributed by atoms with Gasteiger partial charge in [0.1, 0.15) is 0 Å². The van der Waals surface area contributed by atoms with E-state index in [4.69, 9.17) is 4.52 Å². The molecule has 7 nitrogen and oxygen atoms in total. The lowest BCUT2D eigenvalue weighted by atomic mass is 9.94. The van der Waals surface area contributed by atoms with E-state index >= 15 is 0 Å². The van der Waals surface area contributed by atoms with Crippen LogP contribution >= 0.6 is 0 Å². The van der Waals surface area contributed by atoms with E-state index in [-0.39, 0.29) is 0 Å². The van der Waals surface area contributed by atoms with Crippen LogP contribution in [0.5, 0.6) is 0 Å². The predicted octanol–water partition coefficient (Wildman–Crippen LogP) is 3.65. The zero-order chi connectivity index (χ0) is 19.5. The first-order valence-corrected chi connectivity index (χ1v) is 10.6. The average Bonchev–Trinajstić information content (AvgIpc) is 3.31. The minimum Gasteiger partial charge on any atom is -0.353 e. The van der Waals surface area contributed by atoms with Gasteiger partial charge < -0.3 is 9.42 Å². The maximum atomic E-state index is 5.39. The Bertz CT molecular complexity index is 912. The summed E-state index contributed by atoms with van der Waals surface area (Å²) in [4.78, 5) is 9.44. The van der Waals surface area contributed by atoms with E-state index < -0.39 is 0 Å². The highest BCUT2D eigenvalue weighted by Crippen LogP contribution is 2.25. The molecule has 3 aromatic rings. The molecule has 2 fully saturated rings. The average molecular weight is 390 g/mol. The molecule has 0 atom stereocenters. The molecule has 2 aliphatic rings. The largest absolute Gasteiger partial charge is 0.353 e. The van der Waals surface area contributed by atoms with Gasteiger partial charge in [-0.3, -0.25) is 4.90 Å². The SMILES string of the molecule is c1ccc(-c2noc(-c3ccc(N4CCN(C5CCCCC5)CC4)nn3)n2)cc1. The molecule has 1 aliphatic carbocycles. The number of hydrogen-bond acceptors (Lipinski definition) is 7. The molecule has 1 aliphatic heterocycles. The molecule has 1 aromatic carbocycles. The minimum atomic E-state index is 0.394. The maximum absolute atomic E-state index is 5.39. The second-order valence-corrected chi connectivity index (χ2v) is 7.88. The van der Waals surface area contributed by atoms with Gasteiger partial charge in [0.15, 0.2) is 11.5 Å². The van der Waals surface area contributed by atoms with Crippen LogP contribution in [0.2, 0.25) is 0 Å². The van der Waals surface area contributed by atoms with Crippen molar-refractivity contribution in [3.8, 4) is 23.0 Å². The Balaban J connectivity index is 1.22. The molecule has 0 bridgehead atoms. The Morgan fingerprint density at radius 2 is 1.62 bits per heavy atom. The fourth-order valence-corrected chi connectivity index (χ4v) is 4.40. The summed E-state index contributed by atoms with van der Waals surface area (Å²) in [6.07, 6.45) is 6.91. The molecular formula is C22H26N6O. The molecular weight excluding hydrogens is 364 g/mol. The molecule has 1 saturated heterocycles. The Morgan fingerprint density at radius 1 is 0.828 bits per heavy atom. The Hall–Kier alpha value is -2.80. The number of benzene rings is 1. The van der Waals surface area contributed by atoms with Crippen LogP contribution in [0.15, 0.2) is 47.0 Å². The first-order valence-electron chi connectivity index (χ1n) is 10.6. The molecule has 3 heterocycles. The van der Waals surface area contributed by atoms with Crippen LogP contribution in [0, 0.1) is 0 Å². The van der Waals surface area contributed by atoms with Gasteiger partial charge in [0.25, 0.3) is 5.89 Å². The summed E-state index contributed by atoms with van der Waals surface area (Å²) in [5.74, 6) is 1.87. The van der Waals surface area contributed by atoms with Crippen molar-refractivity contribution in [1.82, 2.24) is 25.2 Å². The van der Waals surface area contributed by atoms with Crippen LogP contribution in [-0.4, -0.2) is 57.5 Å². The van der Waals surface area contributed by atoms with Crippen molar-refractivity contribution in [2.45, 2.75) is 38.1 Å². The van der Waals surface area contributed by atoms with E-state index in [9.17, 15) is 0 Å². The first kappa shape index (κ1) is 18.2. The highest BCUT2D eigenvalue weighted by atomic mass is 16.5. The first-order chi connectivity index (χ1) is 14.4. The van der Waals surface area contributed by atoms with Crippen molar-refractivity contribution in [2.75, 3.05) is 31.1 Å². The Morgan fingerprint density at radius 3 is 2.34 bits per heavy atom. The third kappa shape index (κ3) is 4.00. The highest BCUT2D eigenvalue weighted by molar-refractivity contribution is 5.58. The second-order valence-electron chi connectivity index (χ2n) is 7.88. The molecule has 150 valence electrons. The van der Waals surface area contributed by atoms with Gasteiger partial charge in [-0.15, -0.1) is 10.2 Å². The zero-order valence-corrected chi connectivity index (χ0v) is 16.6. The molecule has 7 heteroatoms. The summed E-state index contributed by atoms with van der Waals surface area (Å²) in [5.41, 5.74) is 1.52. The summed E-state index contributed by atoms with van der Waals surface area (Å²) in [6.45, 7) is 4.23. The van der Waals surface area contributed by atoms with E-state index in [1.807, 2.05) is 42.5 Å². The molecule has 29 heavy (non-hydrogen) atoms. The number of aromatic nitrogens is 4. The van der Waals surface area contributed by atoms with E-state index in [1.165, 1.54) is 32.1 Å². The van der Waals surface area contributed by atoms with Crippen LogP contribution in [0.1, 0.15) is 32.1 Å². The monoisotopic (exact) mass is 390 g/mol. The number of hydrogen-bond donors (Lipinski definition) is 0. The van der Waals surface area contributed by atoms with Gasteiger partial charge in [0.2, 0.25) is 5.82 Å². The van der Waals surface area contributed by atoms with Crippen molar-refractivity contribution in [3.63, 3.8) is 0 Å². The predicted molar refractivity (Wildman–Crippen MR) is 111 cm³/mol. The highest BCUT2D eigenvalue weighted by Gasteiger charge is 2.25. The van der Waals surface area contributed by atoms with Crippen LogP contribution in [0.3, 0.4) is 0 Å². The molecule has 1 saturated carbocycles. The number of rotatable bonds is 4. The third-order valence-electron chi connectivity index (χ3n) is 6.06. The maximum Gasteiger partial charge on any atom is 0.278 e. The van der Waals surface area contributed by atoms with E-state index in [0.29, 0.717) is 17.4 Å². The van der Waals surface area contributed by atoms with Gasteiger partial charge in [0, 0.05) is 37.8 Å². The summed E-state index contributed by atoms with van der Waals surface area (Å²) >= 11 is 0. The smallest absolute Gasteiger partial charge is 0.278 e. The van der Waals surface area contributed by atoms with Gasteiger partial charge in [0.05, 0.1) is 0 Å². The van der Waals surface area contributed by atoms with Crippen LogP contribution < -0.4 is 4.90 Å². The van der Waals surface area contributed by atoms with Gasteiger partial charge in [-0.1, -0.05) is 54.8 Å². The summed E-state index contributed by atoms with van der Waals surface area (Å²) in [7, 11) is 0. The van der Waals surface area contributed by atoms with Crippen LogP contribution in [0.4, 0.5) is 5.82 Å². The standard InChI is InChI=1S/C22H26N6O/c1-3-7-17(8-4-1)21-23-22(29-26-21)19-11-12-20(25-24-19)28-15-13-27(14-16-28)18-9-5-2-6-10-18/h1,3-4,7-8,11-12,18H,2,5-6,9-10,13-16H2. The zero-order valence-electron chi connectivity index (χ0n) is 16.6. The molecule has 0 spiro atoms. The fourth-order valence-electron chi connectivity index (χ4n) is 4.40. The van der Waals surface area contributed by atoms with Crippen molar-refractivity contribution >= 4 is 5.82 Å².